The Bertz CT molecular complexity index is 1340. The maximum atomic E-state index is 13.2. The molecule has 2 aromatic carbocycles. The second-order valence-electron chi connectivity index (χ2n) is 9.19. The molecule has 7 nitrogen and oxygen atoms in total. The average Bonchev–Trinajstić information content (AvgIpc) is 3.13. The van der Waals surface area contributed by atoms with E-state index >= 15 is 0 Å². The molecule has 3 N–H and O–H groups in total. The van der Waals surface area contributed by atoms with Crippen LogP contribution < -0.4 is 11.1 Å². The number of unbranched alkanes of at least 4 members (excludes halogenated alkanes) is 4. The van der Waals surface area contributed by atoms with Crippen LogP contribution in [0.2, 0.25) is 0 Å². The predicted molar refractivity (Wildman–Crippen MR) is 144 cm³/mol. The van der Waals surface area contributed by atoms with Crippen molar-refractivity contribution in [3.63, 3.8) is 0 Å². The van der Waals surface area contributed by atoms with Gasteiger partial charge in [0, 0.05) is 6.54 Å². The Kier molecular flexibility index (Phi) is 7.75. The molecule has 2 aromatic heterocycles. The lowest BCUT2D eigenvalue weighted by Gasteiger charge is -2.06. The molecule has 0 saturated carbocycles. The van der Waals surface area contributed by atoms with Crippen molar-refractivity contribution in [2.45, 2.75) is 58.8 Å². The first kappa shape index (κ1) is 24.4. The van der Waals surface area contributed by atoms with Crippen LogP contribution in [0.4, 0.5) is 5.82 Å². The molecule has 2 heterocycles. The van der Waals surface area contributed by atoms with Crippen LogP contribution in [0.5, 0.6) is 0 Å². The van der Waals surface area contributed by atoms with E-state index in [4.69, 9.17) is 15.7 Å². The van der Waals surface area contributed by atoms with Crippen LogP contribution in [0.1, 0.15) is 80.3 Å². The number of rotatable bonds is 10. The first-order valence-electron chi connectivity index (χ1n) is 12.5. The number of fused-ring (bicyclic) bond motifs is 2. The Labute approximate surface area is 206 Å². The molecule has 35 heavy (non-hydrogen) atoms. The standard InChI is InChI=1S/C28H34N6O/c1-4-5-6-7-10-17-30-28(35)24-25-27(33-23-12-9-8-11-22(23)32-25)34(26(24)29)31-18-20-13-15-21(16-14-20)19(2)3/h8-9,11-16,18-19H,4-7,10,17,29H2,1-3H3,(H,30,35). The minimum Gasteiger partial charge on any atom is -0.383 e. The molecule has 1 amide bonds. The lowest BCUT2D eigenvalue weighted by atomic mass is 10.0. The van der Waals surface area contributed by atoms with Crippen LogP contribution in [0.3, 0.4) is 0 Å². The highest BCUT2D eigenvalue weighted by molar-refractivity contribution is 6.10. The lowest BCUT2D eigenvalue weighted by molar-refractivity contribution is 0.0955. The maximum Gasteiger partial charge on any atom is 0.257 e. The maximum absolute atomic E-state index is 13.2. The Hall–Kier alpha value is -3.74. The van der Waals surface area contributed by atoms with Gasteiger partial charge in [0.1, 0.15) is 16.9 Å². The molecule has 4 rings (SSSR count). The van der Waals surface area contributed by atoms with Crippen molar-refractivity contribution in [2.24, 2.45) is 5.10 Å². The minimum absolute atomic E-state index is 0.230. The van der Waals surface area contributed by atoms with E-state index in [0.29, 0.717) is 34.7 Å². The molecule has 0 radical (unpaired) electrons. The smallest absolute Gasteiger partial charge is 0.257 e. The molecule has 0 aliphatic carbocycles. The molecule has 0 fully saturated rings. The summed E-state index contributed by atoms with van der Waals surface area (Å²) in [5, 5.41) is 7.61. The lowest BCUT2D eigenvalue weighted by Crippen LogP contribution is -2.25. The summed E-state index contributed by atoms with van der Waals surface area (Å²) in [6.07, 6.45) is 7.34. The van der Waals surface area contributed by atoms with E-state index in [1.165, 1.54) is 29.5 Å². The number of amides is 1. The number of carbonyl (C=O) groups is 1. The number of nitrogens with zero attached hydrogens (tertiary/aromatic N) is 4. The Morgan fingerprint density at radius 1 is 1.03 bits per heavy atom. The van der Waals surface area contributed by atoms with E-state index in [-0.39, 0.29) is 11.7 Å². The van der Waals surface area contributed by atoms with Crippen molar-refractivity contribution in [3.8, 4) is 0 Å². The largest absolute Gasteiger partial charge is 0.383 e. The van der Waals surface area contributed by atoms with E-state index in [0.717, 1.165) is 23.9 Å². The molecular weight excluding hydrogens is 436 g/mol. The summed E-state index contributed by atoms with van der Waals surface area (Å²) >= 11 is 0. The normalized spacial score (nSPS) is 11.8. The third-order valence-corrected chi connectivity index (χ3v) is 6.19. The highest BCUT2D eigenvalue weighted by Gasteiger charge is 2.23. The monoisotopic (exact) mass is 470 g/mol. The molecule has 7 heteroatoms. The van der Waals surface area contributed by atoms with Gasteiger partial charge in [0.15, 0.2) is 5.65 Å². The van der Waals surface area contributed by atoms with Gasteiger partial charge in [-0.15, -0.1) is 0 Å². The molecular formula is C28H34N6O. The summed E-state index contributed by atoms with van der Waals surface area (Å²) in [6, 6.07) is 15.8. The molecule has 4 aromatic rings. The van der Waals surface area contributed by atoms with Crippen molar-refractivity contribution >= 4 is 40.1 Å². The topological polar surface area (TPSA) is 98.2 Å². The number of carbonyl (C=O) groups excluding carboxylic acids is 1. The number of benzene rings is 2. The Morgan fingerprint density at radius 2 is 1.71 bits per heavy atom. The third-order valence-electron chi connectivity index (χ3n) is 6.19. The summed E-state index contributed by atoms with van der Waals surface area (Å²) in [5.41, 5.74) is 11.3. The number of nitrogen functional groups attached to an aromatic ring is 1. The van der Waals surface area contributed by atoms with Crippen LogP contribution in [0.15, 0.2) is 53.6 Å². The SMILES string of the molecule is CCCCCCCNC(=O)c1c(N)n(N=Cc2ccc(C(C)C)cc2)c2nc3ccccc3nc12. The fourth-order valence-corrected chi connectivity index (χ4v) is 4.10. The van der Waals surface area contributed by atoms with Gasteiger partial charge >= 0.3 is 0 Å². The first-order chi connectivity index (χ1) is 17.0. The number of hydrogen-bond donors (Lipinski definition) is 2. The number of nitrogens with two attached hydrogens (primary N) is 1. The van der Waals surface area contributed by atoms with E-state index < -0.39 is 0 Å². The number of hydrogen-bond acceptors (Lipinski definition) is 5. The average molecular weight is 471 g/mol. The van der Waals surface area contributed by atoms with E-state index in [1.807, 2.05) is 36.4 Å². The van der Waals surface area contributed by atoms with Gasteiger partial charge in [-0.25, -0.2) is 9.97 Å². The van der Waals surface area contributed by atoms with E-state index in [2.05, 4.69) is 43.3 Å². The summed E-state index contributed by atoms with van der Waals surface area (Å²) in [5.74, 6) is 0.443. The minimum atomic E-state index is -0.247. The predicted octanol–water partition coefficient (Wildman–Crippen LogP) is 5.87. The van der Waals surface area contributed by atoms with Crippen molar-refractivity contribution < 1.29 is 4.79 Å². The quantitative estimate of drug-likeness (QED) is 0.224. The van der Waals surface area contributed by atoms with Crippen molar-refractivity contribution in [1.29, 1.82) is 0 Å². The molecule has 182 valence electrons. The second-order valence-corrected chi connectivity index (χ2v) is 9.19. The molecule has 0 atom stereocenters. The Morgan fingerprint density at radius 3 is 2.40 bits per heavy atom. The summed E-state index contributed by atoms with van der Waals surface area (Å²) in [6.45, 7) is 7.11. The van der Waals surface area contributed by atoms with Gasteiger partial charge in [-0.1, -0.05) is 82.9 Å². The molecule has 0 aliphatic heterocycles. The molecule has 0 aliphatic rings. The van der Waals surface area contributed by atoms with Gasteiger partial charge in [-0.3, -0.25) is 4.79 Å². The van der Waals surface area contributed by atoms with Crippen molar-refractivity contribution in [3.05, 3.63) is 65.2 Å². The van der Waals surface area contributed by atoms with E-state index in [9.17, 15) is 4.79 Å². The zero-order valence-electron chi connectivity index (χ0n) is 20.8. The molecule has 0 spiro atoms. The molecule has 0 bridgehead atoms. The van der Waals surface area contributed by atoms with Crippen LogP contribution >= 0.6 is 0 Å². The fraction of sp³-hybridized carbons (Fsp3) is 0.357. The third kappa shape index (κ3) is 5.50. The Balaban J connectivity index is 1.68. The number of aromatic nitrogens is 3. The highest BCUT2D eigenvalue weighted by Crippen LogP contribution is 2.28. The summed E-state index contributed by atoms with van der Waals surface area (Å²) < 4.78 is 1.52. The van der Waals surface area contributed by atoms with Gasteiger partial charge in [0.2, 0.25) is 0 Å². The number of nitrogens with one attached hydrogen (secondary N) is 1. The van der Waals surface area contributed by atoms with E-state index in [1.54, 1.807) is 6.21 Å². The fourth-order valence-electron chi connectivity index (χ4n) is 4.10. The van der Waals surface area contributed by atoms with Crippen molar-refractivity contribution in [2.75, 3.05) is 12.3 Å². The molecule has 0 unspecified atom stereocenters. The van der Waals surface area contributed by atoms with Gasteiger partial charge in [-0.2, -0.15) is 9.78 Å². The van der Waals surface area contributed by atoms with Crippen LogP contribution in [0.25, 0.3) is 22.2 Å². The first-order valence-corrected chi connectivity index (χ1v) is 12.5. The number of para-hydroxylation sites is 2. The van der Waals surface area contributed by atoms with Crippen molar-refractivity contribution in [1.82, 2.24) is 20.0 Å². The number of anilines is 1. The molecule has 0 saturated heterocycles. The van der Waals surface area contributed by atoms with Gasteiger partial charge < -0.3 is 11.1 Å². The zero-order valence-corrected chi connectivity index (χ0v) is 20.8. The van der Waals surface area contributed by atoms with Crippen LogP contribution in [-0.2, 0) is 0 Å². The van der Waals surface area contributed by atoms with Crippen LogP contribution in [0, 0.1) is 0 Å². The zero-order chi connectivity index (χ0) is 24.8. The van der Waals surface area contributed by atoms with Gasteiger partial charge in [0.05, 0.1) is 17.2 Å². The summed E-state index contributed by atoms with van der Waals surface area (Å²) in [7, 11) is 0. The van der Waals surface area contributed by atoms with Crippen LogP contribution in [-0.4, -0.2) is 33.3 Å². The van der Waals surface area contributed by atoms with Gasteiger partial charge in [-0.05, 0) is 35.6 Å². The highest BCUT2D eigenvalue weighted by atomic mass is 16.1. The van der Waals surface area contributed by atoms with Gasteiger partial charge in [0.25, 0.3) is 5.91 Å². The second kappa shape index (κ2) is 11.1. The summed E-state index contributed by atoms with van der Waals surface area (Å²) in [4.78, 5) is 22.7.